The maximum atomic E-state index is 13.0. The van der Waals surface area contributed by atoms with Crippen LogP contribution in [0.25, 0.3) is 11.3 Å². The molecule has 2 rings (SSSR count). The summed E-state index contributed by atoms with van der Waals surface area (Å²) in [5.74, 6) is -0.0671. The fourth-order valence-corrected chi connectivity index (χ4v) is 1.47. The lowest BCUT2D eigenvalue weighted by molar-refractivity contribution is 0.628. The Kier molecular flexibility index (Phi) is 2.75. The number of aryl methyl sites for hydroxylation is 1. The highest BCUT2D eigenvalue weighted by molar-refractivity contribution is 6.31. The predicted molar refractivity (Wildman–Crippen MR) is 61.6 cm³/mol. The van der Waals surface area contributed by atoms with Crippen molar-refractivity contribution >= 4 is 17.4 Å². The second-order valence-electron chi connectivity index (χ2n) is 3.43. The second kappa shape index (κ2) is 4.06. The molecule has 0 fully saturated rings. The van der Waals surface area contributed by atoms with Gasteiger partial charge in [0.05, 0.1) is 10.7 Å². The van der Waals surface area contributed by atoms with E-state index in [4.69, 9.17) is 17.3 Å². The van der Waals surface area contributed by atoms with Gasteiger partial charge >= 0.3 is 0 Å². The molecular formula is C11H9ClFN3. The van der Waals surface area contributed by atoms with Crippen LogP contribution >= 0.6 is 11.6 Å². The SMILES string of the molecule is Cc1cc(-c2ccc(F)c(Cl)c2)nnc1N. The molecule has 5 heteroatoms. The Bertz CT molecular complexity index is 493. The van der Waals surface area contributed by atoms with E-state index in [1.165, 1.54) is 12.1 Å². The van der Waals surface area contributed by atoms with Gasteiger partial charge in [0, 0.05) is 5.56 Å². The molecule has 1 aromatic heterocycles. The first-order chi connectivity index (χ1) is 7.58. The molecule has 0 amide bonds. The minimum absolute atomic E-state index is 0.0637. The summed E-state index contributed by atoms with van der Waals surface area (Å²) in [7, 11) is 0. The molecule has 0 bridgehead atoms. The topological polar surface area (TPSA) is 51.8 Å². The van der Waals surface area contributed by atoms with E-state index in [9.17, 15) is 4.39 Å². The Balaban J connectivity index is 2.50. The Hall–Kier alpha value is -1.68. The van der Waals surface area contributed by atoms with Crippen LogP contribution in [0, 0.1) is 12.7 Å². The molecule has 1 heterocycles. The van der Waals surface area contributed by atoms with Crippen molar-refractivity contribution in [1.29, 1.82) is 0 Å². The Morgan fingerprint density at radius 3 is 2.62 bits per heavy atom. The minimum Gasteiger partial charge on any atom is -0.382 e. The van der Waals surface area contributed by atoms with Crippen LogP contribution in [0.5, 0.6) is 0 Å². The van der Waals surface area contributed by atoms with Gasteiger partial charge in [-0.05, 0) is 36.8 Å². The monoisotopic (exact) mass is 237 g/mol. The van der Waals surface area contributed by atoms with Crippen LogP contribution in [-0.2, 0) is 0 Å². The Morgan fingerprint density at radius 1 is 1.25 bits per heavy atom. The van der Waals surface area contributed by atoms with E-state index in [1.54, 1.807) is 12.1 Å². The highest BCUT2D eigenvalue weighted by Gasteiger charge is 2.06. The number of aromatic nitrogens is 2. The fraction of sp³-hybridized carbons (Fsp3) is 0.0909. The summed E-state index contributed by atoms with van der Waals surface area (Å²) in [6.07, 6.45) is 0. The van der Waals surface area contributed by atoms with Crippen molar-refractivity contribution in [1.82, 2.24) is 10.2 Å². The minimum atomic E-state index is -0.453. The van der Waals surface area contributed by atoms with Crippen LogP contribution in [0.1, 0.15) is 5.56 Å². The van der Waals surface area contributed by atoms with Crippen LogP contribution in [0.15, 0.2) is 24.3 Å². The number of nitrogen functional groups attached to an aromatic ring is 1. The molecule has 0 unspecified atom stereocenters. The molecule has 0 radical (unpaired) electrons. The van der Waals surface area contributed by atoms with Crippen molar-refractivity contribution < 1.29 is 4.39 Å². The van der Waals surface area contributed by atoms with Gasteiger partial charge in [0.2, 0.25) is 0 Å². The zero-order valence-corrected chi connectivity index (χ0v) is 9.29. The summed E-state index contributed by atoms with van der Waals surface area (Å²) in [5.41, 5.74) is 7.71. The lowest BCUT2D eigenvalue weighted by Gasteiger charge is -2.03. The molecule has 0 atom stereocenters. The van der Waals surface area contributed by atoms with Crippen LogP contribution < -0.4 is 5.73 Å². The van der Waals surface area contributed by atoms with Gasteiger partial charge < -0.3 is 5.73 Å². The van der Waals surface area contributed by atoms with Crippen LogP contribution in [0.2, 0.25) is 5.02 Å². The normalized spacial score (nSPS) is 10.4. The number of nitrogens with zero attached hydrogens (tertiary/aromatic N) is 2. The number of anilines is 1. The van der Waals surface area contributed by atoms with E-state index in [2.05, 4.69) is 10.2 Å². The highest BCUT2D eigenvalue weighted by atomic mass is 35.5. The number of hydrogen-bond donors (Lipinski definition) is 1. The summed E-state index contributed by atoms with van der Waals surface area (Å²) in [6, 6.07) is 6.19. The summed E-state index contributed by atoms with van der Waals surface area (Å²) in [4.78, 5) is 0. The van der Waals surface area contributed by atoms with E-state index in [0.29, 0.717) is 17.1 Å². The quantitative estimate of drug-likeness (QED) is 0.830. The predicted octanol–water partition coefficient (Wildman–Crippen LogP) is 2.83. The van der Waals surface area contributed by atoms with Crippen molar-refractivity contribution in [2.45, 2.75) is 6.92 Å². The summed E-state index contributed by atoms with van der Waals surface area (Å²) in [6.45, 7) is 1.83. The lowest BCUT2D eigenvalue weighted by Crippen LogP contribution is -1.98. The standard InChI is InChI=1S/C11H9ClFN3/c1-6-4-10(15-16-11(6)14)7-2-3-9(13)8(12)5-7/h2-5H,1H3,(H2,14,16). The van der Waals surface area contributed by atoms with Gasteiger partial charge in [-0.1, -0.05) is 11.6 Å². The third-order valence-electron chi connectivity index (χ3n) is 2.24. The number of halogens is 2. The summed E-state index contributed by atoms with van der Waals surface area (Å²) < 4.78 is 13.0. The van der Waals surface area contributed by atoms with Gasteiger partial charge in [0.1, 0.15) is 11.6 Å². The van der Waals surface area contributed by atoms with Gasteiger partial charge in [0.15, 0.2) is 0 Å². The van der Waals surface area contributed by atoms with Gasteiger partial charge in [0.25, 0.3) is 0 Å². The molecule has 3 nitrogen and oxygen atoms in total. The second-order valence-corrected chi connectivity index (χ2v) is 3.83. The molecule has 1 aromatic carbocycles. The molecule has 0 aliphatic heterocycles. The molecule has 2 aromatic rings. The first-order valence-electron chi connectivity index (χ1n) is 4.63. The maximum absolute atomic E-state index is 13.0. The van der Waals surface area contributed by atoms with Gasteiger partial charge in [-0.25, -0.2) is 4.39 Å². The number of rotatable bonds is 1. The van der Waals surface area contributed by atoms with E-state index in [0.717, 1.165) is 5.56 Å². The highest BCUT2D eigenvalue weighted by Crippen LogP contribution is 2.24. The fourth-order valence-electron chi connectivity index (χ4n) is 1.29. The van der Waals surface area contributed by atoms with Gasteiger partial charge in [-0.15, -0.1) is 10.2 Å². The smallest absolute Gasteiger partial charge is 0.149 e. The van der Waals surface area contributed by atoms with Crippen LogP contribution in [0.4, 0.5) is 10.2 Å². The van der Waals surface area contributed by atoms with E-state index in [1.807, 2.05) is 6.92 Å². The average molecular weight is 238 g/mol. The van der Waals surface area contributed by atoms with Crippen LogP contribution in [-0.4, -0.2) is 10.2 Å². The molecule has 16 heavy (non-hydrogen) atoms. The van der Waals surface area contributed by atoms with Crippen molar-refractivity contribution in [3.63, 3.8) is 0 Å². The Labute approximate surface area is 97.1 Å². The number of benzene rings is 1. The zero-order chi connectivity index (χ0) is 11.7. The van der Waals surface area contributed by atoms with Crippen molar-refractivity contribution in [2.75, 3.05) is 5.73 Å². The van der Waals surface area contributed by atoms with Crippen molar-refractivity contribution in [2.24, 2.45) is 0 Å². The third-order valence-corrected chi connectivity index (χ3v) is 2.53. The molecule has 0 saturated heterocycles. The molecule has 0 saturated carbocycles. The summed E-state index contributed by atoms with van der Waals surface area (Å²) >= 11 is 5.69. The van der Waals surface area contributed by atoms with Crippen molar-refractivity contribution in [3.8, 4) is 11.3 Å². The number of hydrogen-bond acceptors (Lipinski definition) is 3. The first-order valence-corrected chi connectivity index (χ1v) is 5.01. The molecular weight excluding hydrogens is 229 g/mol. The summed E-state index contributed by atoms with van der Waals surface area (Å²) in [5, 5.41) is 7.79. The first kappa shape index (κ1) is 10.8. The van der Waals surface area contributed by atoms with Crippen molar-refractivity contribution in [3.05, 3.63) is 40.7 Å². The Morgan fingerprint density at radius 2 is 2.00 bits per heavy atom. The van der Waals surface area contributed by atoms with Crippen LogP contribution in [0.3, 0.4) is 0 Å². The lowest BCUT2D eigenvalue weighted by atomic mass is 10.1. The molecule has 0 aliphatic carbocycles. The third kappa shape index (κ3) is 1.97. The largest absolute Gasteiger partial charge is 0.382 e. The molecule has 0 aliphatic rings. The molecule has 0 spiro atoms. The average Bonchev–Trinajstić information content (AvgIpc) is 2.26. The molecule has 2 N–H and O–H groups in total. The van der Waals surface area contributed by atoms with E-state index in [-0.39, 0.29) is 5.02 Å². The zero-order valence-electron chi connectivity index (χ0n) is 8.54. The maximum Gasteiger partial charge on any atom is 0.149 e. The molecule has 82 valence electrons. The van der Waals surface area contributed by atoms with Gasteiger partial charge in [-0.3, -0.25) is 0 Å². The van der Waals surface area contributed by atoms with E-state index >= 15 is 0 Å². The number of nitrogens with two attached hydrogens (primary N) is 1. The van der Waals surface area contributed by atoms with E-state index < -0.39 is 5.82 Å². The van der Waals surface area contributed by atoms with Gasteiger partial charge in [-0.2, -0.15) is 0 Å².